The Morgan fingerprint density at radius 3 is 2.50 bits per heavy atom. The molecule has 18 heavy (non-hydrogen) atoms. The van der Waals surface area contributed by atoms with Crippen LogP contribution in [-0.4, -0.2) is 37.5 Å². The first kappa shape index (κ1) is 12.8. The molecule has 0 bridgehead atoms. The molecule has 1 fully saturated rings. The molecular weight excluding hydrogens is 224 g/mol. The summed E-state index contributed by atoms with van der Waals surface area (Å²) in [6.45, 7) is 4.42. The third-order valence-corrected chi connectivity index (χ3v) is 3.45. The fourth-order valence-corrected chi connectivity index (χ4v) is 2.00. The van der Waals surface area contributed by atoms with E-state index < -0.39 is 0 Å². The van der Waals surface area contributed by atoms with E-state index in [1.54, 1.807) is 0 Å². The van der Waals surface area contributed by atoms with Gasteiger partial charge in [-0.05, 0) is 24.5 Å². The fraction of sp³-hybridized carbons (Fsp3) is 0.400. The molecule has 0 spiro atoms. The molecule has 1 aromatic rings. The SMILES string of the molecule is CC(C(=O)N(C)CCc1ccccc1)=C1CNC1. The zero-order valence-corrected chi connectivity index (χ0v) is 11.1. The standard InChI is InChI=1S/C15H20N2O/c1-12(14-10-16-11-14)15(18)17(2)9-8-13-6-4-3-5-7-13/h3-7,16H,8-11H2,1-2H3. The highest BCUT2D eigenvalue weighted by Crippen LogP contribution is 2.11. The number of carbonyl (C=O) groups is 1. The van der Waals surface area contributed by atoms with Crippen LogP contribution in [0.4, 0.5) is 0 Å². The molecule has 3 heteroatoms. The van der Waals surface area contributed by atoms with Crippen molar-refractivity contribution >= 4 is 5.91 Å². The minimum atomic E-state index is 0.155. The predicted molar refractivity (Wildman–Crippen MR) is 73.4 cm³/mol. The Morgan fingerprint density at radius 2 is 1.94 bits per heavy atom. The number of hydrogen-bond acceptors (Lipinski definition) is 2. The second-order valence-corrected chi connectivity index (χ2v) is 4.79. The van der Waals surface area contributed by atoms with E-state index in [4.69, 9.17) is 0 Å². The number of amides is 1. The number of benzene rings is 1. The monoisotopic (exact) mass is 244 g/mol. The van der Waals surface area contributed by atoms with E-state index in [-0.39, 0.29) is 5.91 Å². The van der Waals surface area contributed by atoms with Gasteiger partial charge in [0.2, 0.25) is 5.91 Å². The summed E-state index contributed by atoms with van der Waals surface area (Å²) in [6, 6.07) is 10.3. The van der Waals surface area contributed by atoms with Crippen molar-refractivity contribution in [3.63, 3.8) is 0 Å². The van der Waals surface area contributed by atoms with Crippen molar-refractivity contribution in [2.45, 2.75) is 13.3 Å². The van der Waals surface area contributed by atoms with Crippen molar-refractivity contribution in [3.05, 3.63) is 47.0 Å². The van der Waals surface area contributed by atoms with Gasteiger partial charge in [-0.2, -0.15) is 0 Å². The highest BCUT2D eigenvalue weighted by molar-refractivity contribution is 5.93. The lowest BCUT2D eigenvalue weighted by Gasteiger charge is -2.24. The summed E-state index contributed by atoms with van der Waals surface area (Å²) in [7, 11) is 1.88. The summed E-state index contributed by atoms with van der Waals surface area (Å²) in [5.74, 6) is 0.155. The molecule has 1 saturated heterocycles. The summed E-state index contributed by atoms with van der Waals surface area (Å²) in [6.07, 6.45) is 0.907. The van der Waals surface area contributed by atoms with E-state index in [2.05, 4.69) is 17.4 Å². The molecule has 0 saturated carbocycles. The number of nitrogens with one attached hydrogen (secondary N) is 1. The molecule has 1 aliphatic rings. The maximum Gasteiger partial charge on any atom is 0.249 e. The van der Waals surface area contributed by atoms with Crippen molar-refractivity contribution < 1.29 is 4.79 Å². The van der Waals surface area contributed by atoms with Crippen LogP contribution in [0.25, 0.3) is 0 Å². The van der Waals surface area contributed by atoms with Gasteiger partial charge in [0.05, 0.1) is 0 Å². The fourth-order valence-electron chi connectivity index (χ4n) is 2.00. The van der Waals surface area contributed by atoms with E-state index in [1.807, 2.05) is 37.1 Å². The molecule has 0 unspecified atom stereocenters. The quantitative estimate of drug-likeness (QED) is 0.816. The highest BCUT2D eigenvalue weighted by atomic mass is 16.2. The first-order valence-corrected chi connectivity index (χ1v) is 6.37. The summed E-state index contributed by atoms with van der Waals surface area (Å²) in [4.78, 5) is 14.0. The molecule has 0 atom stereocenters. The predicted octanol–water partition coefficient (Wildman–Crippen LogP) is 1.61. The summed E-state index contributed by atoms with van der Waals surface area (Å²) < 4.78 is 0. The van der Waals surface area contributed by atoms with E-state index in [0.29, 0.717) is 0 Å². The van der Waals surface area contributed by atoms with E-state index in [0.717, 1.165) is 31.6 Å². The Morgan fingerprint density at radius 1 is 1.28 bits per heavy atom. The molecule has 3 nitrogen and oxygen atoms in total. The molecule has 2 rings (SSSR count). The van der Waals surface area contributed by atoms with Gasteiger partial charge in [-0.1, -0.05) is 30.3 Å². The van der Waals surface area contributed by atoms with Crippen LogP contribution in [0, 0.1) is 0 Å². The molecule has 1 aliphatic heterocycles. The van der Waals surface area contributed by atoms with Crippen LogP contribution in [0.5, 0.6) is 0 Å². The molecule has 1 amide bonds. The van der Waals surface area contributed by atoms with Gasteiger partial charge < -0.3 is 10.2 Å². The van der Waals surface area contributed by atoms with Crippen LogP contribution in [0.3, 0.4) is 0 Å². The average molecular weight is 244 g/mol. The van der Waals surface area contributed by atoms with E-state index in [1.165, 1.54) is 11.1 Å². The van der Waals surface area contributed by atoms with Gasteiger partial charge in [0.1, 0.15) is 0 Å². The lowest BCUT2D eigenvalue weighted by atomic mass is 10.0. The van der Waals surface area contributed by atoms with Crippen molar-refractivity contribution in [3.8, 4) is 0 Å². The summed E-state index contributed by atoms with van der Waals surface area (Å²) in [5.41, 5.74) is 3.42. The molecular formula is C15H20N2O. The molecule has 0 aliphatic carbocycles. The van der Waals surface area contributed by atoms with Crippen LogP contribution < -0.4 is 5.32 Å². The number of carbonyl (C=O) groups excluding carboxylic acids is 1. The van der Waals surface area contributed by atoms with Gasteiger partial charge in [0.15, 0.2) is 0 Å². The van der Waals surface area contributed by atoms with E-state index >= 15 is 0 Å². The van der Waals surface area contributed by atoms with Crippen LogP contribution in [0.1, 0.15) is 12.5 Å². The topological polar surface area (TPSA) is 32.3 Å². The Balaban J connectivity index is 1.88. The van der Waals surface area contributed by atoms with Crippen molar-refractivity contribution in [1.82, 2.24) is 10.2 Å². The summed E-state index contributed by atoms with van der Waals surface area (Å²) in [5, 5.41) is 3.17. The van der Waals surface area contributed by atoms with Gasteiger partial charge in [-0.25, -0.2) is 0 Å². The minimum absolute atomic E-state index is 0.155. The highest BCUT2D eigenvalue weighted by Gasteiger charge is 2.18. The number of rotatable bonds is 4. The zero-order chi connectivity index (χ0) is 13.0. The largest absolute Gasteiger partial charge is 0.342 e. The van der Waals surface area contributed by atoms with Crippen molar-refractivity contribution in [2.75, 3.05) is 26.7 Å². The first-order chi connectivity index (χ1) is 8.68. The lowest BCUT2D eigenvalue weighted by Crippen LogP contribution is -2.38. The summed E-state index contributed by atoms with van der Waals surface area (Å²) >= 11 is 0. The molecule has 96 valence electrons. The third-order valence-electron chi connectivity index (χ3n) is 3.45. The molecule has 1 heterocycles. The minimum Gasteiger partial charge on any atom is -0.342 e. The van der Waals surface area contributed by atoms with Crippen molar-refractivity contribution in [2.24, 2.45) is 0 Å². The Hall–Kier alpha value is -1.61. The number of nitrogens with zero attached hydrogens (tertiary/aromatic N) is 1. The Labute approximate surface area is 108 Å². The third kappa shape index (κ3) is 2.99. The zero-order valence-electron chi connectivity index (χ0n) is 11.1. The Bertz CT molecular complexity index is 445. The average Bonchev–Trinajstić information content (AvgIpc) is 2.34. The van der Waals surface area contributed by atoms with E-state index in [9.17, 15) is 4.79 Å². The smallest absolute Gasteiger partial charge is 0.249 e. The van der Waals surface area contributed by atoms with Crippen LogP contribution in [-0.2, 0) is 11.2 Å². The Kier molecular flexibility index (Phi) is 4.15. The number of hydrogen-bond donors (Lipinski definition) is 1. The van der Waals surface area contributed by atoms with Gasteiger partial charge in [0.25, 0.3) is 0 Å². The first-order valence-electron chi connectivity index (χ1n) is 6.37. The second-order valence-electron chi connectivity index (χ2n) is 4.79. The van der Waals surface area contributed by atoms with Gasteiger partial charge in [-0.15, -0.1) is 0 Å². The molecule has 0 radical (unpaired) electrons. The van der Waals surface area contributed by atoms with Crippen molar-refractivity contribution in [1.29, 1.82) is 0 Å². The maximum absolute atomic E-state index is 12.1. The van der Waals surface area contributed by atoms with Crippen LogP contribution >= 0.6 is 0 Å². The number of likely N-dealkylation sites (N-methyl/N-ethyl adjacent to an activating group) is 1. The van der Waals surface area contributed by atoms with Gasteiger partial charge in [0, 0.05) is 32.3 Å². The second kappa shape index (κ2) is 5.83. The van der Waals surface area contributed by atoms with Crippen LogP contribution in [0.2, 0.25) is 0 Å². The normalized spacial score (nSPS) is 14.0. The molecule has 1 N–H and O–H groups in total. The molecule has 1 aromatic carbocycles. The van der Waals surface area contributed by atoms with Crippen LogP contribution in [0.15, 0.2) is 41.5 Å². The van der Waals surface area contributed by atoms with Gasteiger partial charge in [-0.3, -0.25) is 4.79 Å². The van der Waals surface area contributed by atoms with Gasteiger partial charge >= 0.3 is 0 Å². The lowest BCUT2D eigenvalue weighted by molar-refractivity contribution is -0.125. The molecule has 0 aromatic heterocycles. The maximum atomic E-state index is 12.1.